The van der Waals surface area contributed by atoms with Gasteiger partial charge in [-0.1, -0.05) is 30.3 Å². The minimum absolute atomic E-state index is 0.304. The average molecular weight is 270 g/mol. The normalized spacial score (nSPS) is 11.2. The molecule has 0 radical (unpaired) electrons. The van der Waals surface area contributed by atoms with Crippen LogP contribution in [0.5, 0.6) is 5.75 Å². The monoisotopic (exact) mass is 270 g/mol. The van der Waals surface area contributed by atoms with E-state index in [4.69, 9.17) is 5.73 Å². The number of aromatic hydroxyl groups is 1. The van der Waals surface area contributed by atoms with Gasteiger partial charge in [0.05, 0.1) is 0 Å². The van der Waals surface area contributed by atoms with Crippen molar-refractivity contribution >= 4 is 5.69 Å². The maximum atomic E-state index is 9.95. The van der Waals surface area contributed by atoms with Crippen LogP contribution in [0.3, 0.4) is 0 Å². The summed E-state index contributed by atoms with van der Waals surface area (Å²) >= 11 is 0. The fourth-order valence-electron chi connectivity index (χ4n) is 2.19. The summed E-state index contributed by atoms with van der Waals surface area (Å²) in [7, 11) is 0. The zero-order chi connectivity index (χ0) is 14.5. The summed E-state index contributed by atoms with van der Waals surface area (Å²) in [6, 6.07) is 16.0. The molecule has 0 spiro atoms. The number of nitrogen functional groups attached to an aromatic ring is 1. The van der Waals surface area contributed by atoms with Gasteiger partial charge >= 0.3 is 0 Å². The number of nitrogens with zero attached hydrogens (tertiary/aromatic N) is 1. The molecule has 2 aromatic rings. The maximum absolute atomic E-state index is 9.95. The zero-order valence-corrected chi connectivity index (χ0v) is 12.1. The first-order valence-corrected chi connectivity index (χ1v) is 6.91. The third-order valence-corrected chi connectivity index (χ3v) is 3.44. The number of benzene rings is 2. The summed E-state index contributed by atoms with van der Waals surface area (Å²) in [6.07, 6.45) is 0. The van der Waals surface area contributed by atoms with Gasteiger partial charge in [0, 0.05) is 30.4 Å². The minimum Gasteiger partial charge on any atom is -0.508 e. The average Bonchev–Trinajstić information content (AvgIpc) is 2.43. The third-order valence-electron chi connectivity index (χ3n) is 3.44. The van der Waals surface area contributed by atoms with Crippen LogP contribution in [0.15, 0.2) is 48.5 Å². The second-order valence-electron chi connectivity index (χ2n) is 5.37. The molecule has 0 heterocycles. The Hall–Kier alpha value is -2.00. The number of hydrogen-bond donors (Lipinski definition) is 2. The van der Waals surface area contributed by atoms with Crippen LogP contribution < -0.4 is 5.73 Å². The number of hydrogen-bond acceptors (Lipinski definition) is 3. The summed E-state index contributed by atoms with van der Waals surface area (Å²) < 4.78 is 0. The van der Waals surface area contributed by atoms with E-state index in [-0.39, 0.29) is 0 Å². The Morgan fingerprint density at radius 2 is 1.75 bits per heavy atom. The molecular weight excluding hydrogens is 248 g/mol. The van der Waals surface area contributed by atoms with Gasteiger partial charge in [0.25, 0.3) is 0 Å². The molecule has 3 nitrogen and oxygen atoms in total. The molecule has 0 unspecified atom stereocenters. The van der Waals surface area contributed by atoms with Crippen molar-refractivity contribution in [2.75, 3.05) is 5.73 Å². The van der Waals surface area contributed by atoms with Crippen molar-refractivity contribution in [1.82, 2.24) is 4.90 Å². The first-order chi connectivity index (χ1) is 9.56. The van der Waals surface area contributed by atoms with E-state index in [0.29, 0.717) is 24.0 Å². The van der Waals surface area contributed by atoms with Crippen molar-refractivity contribution in [3.05, 3.63) is 59.7 Å². The van der Waals surface area contributed by atoms with Gasteiger partial charge in [-0.3, -0.25) is 4.90 Å². The SMILES string of the molecule is CC(C)N(Cc1ccccc1)Cc1cc(N)ccc1O. The van der Waals surface area contributed by atoms with E-state index in [1.54, 1.807) is 12.1 Å². The van der Waals surface area contributed by atoms with E-state index in [0.717, 1.165) is 12.1 Å². The van der Waals surface area contributed by atoms with Crippen LogP contribution in [0.4, 0.5) is 5.69 Å². The van der Waals surface area contributed by atoms with Crippen molar-refractivity contribution in [2.24, 2.45) is 0 Å². The quantitative estimate of drug-likeness (QED) is 0.647. The van der Waals surface area contributed by atoms with E-state index in [9.17, 15) is 5.11 Å². The lowest BCUT2D eigenvalue weighted by atomic mass is 10.1. The van der Waals surface area contributed by atoms with Gasteiger partial charge < -0.3 is 10.8 Å². The van der Waals surface area contributed by atoms with Gasteiger partial charge in [0.2, 0.25) is 0 Å². The summed E-state index contributed by atoms with van der Waals surface area (Å²) in [6.45, 7) is 5.86. The Kier molecular flexibility index (Phi) is 4.64. The molecule has 0 amide bonds. The maximum Gasteiger partial charge on any atom is 0.120 e. The highest BCUT2D eigenvalue weighted by molar-refractivity contribution is 5.47. The highest BCUT2D eigenvalue weighted by atomic mass is 16.3. The molecule has 2 rings (SSSR count). The van der Waals surface area contributed by atoms with Crippen molar-refractivity contribution < 1.29 is 5.11 Å². The lowest BCUT2D eigenvalue weighted by molar-refractivity contribution is 0.201. The summed E-state index contributed by atoms with van der Waals surface area (Å²) in [5.74, 6) is 0.304. The van der Waals surface area contributed by atoms with Crippen LogP contribution in [-0.2, 0) is 13.1 Å². The molecule has 0 aromatic heterocycles. The Morgan fingerprint density at radius 3 is 2.40 bits per heavy atom. The molecule has 0 aliphatic heterocycles. The van der Waals surface area contributed by atoms with E-state index < -0.39 is 0 Å². The molecule has 0 aliphatic rings. The first kappa shape index (κ1) is 14.4. The highest BCUT2D eigenvalue weighted by Crippen LogP contribution is 2.23. The molecule has 0 saturated carbocycles. The van der Waals surface area contributed by atoms with Crippen LogP contribution in [0.1, 0.15) is 25.0 Å². The fourth-order valence-corrected chi connectivity index (χ4v) is 2.19. The molecule has 2 aromatic carbocycles. The second-order valence-corrected chi connectivity index (χ2v) is 5.37. The Morgan fingerprint density at radius 1 is 1.05 bits per heavy atom. The molecule has 0 saturated heterocycles. The molecule has 0 bridgehead atoms. The number of nitrogens with two attached hydrogens (primary N) is 1. The number of phenols is 1. The summed E-state index contributed by atoms with van der Waals surface area (Å²) in [4.78, 5) is 2.31. The van der Waals surface area contributed by atoms with Gasteiger partial charge in [-0.25, -0.2) is 0 Å². The molecule has 106 valence electrons. The molecule has 20 heavy (non-hydrogen) atoms. The molecule has 0 atom stereocenters. The molecule has 0 fully saturated rings. The zero-order valence-electron chi connectivity index (χ0n) is 12.1. The van der Waals surface area contributed by atoms with E-state index in [2.05, 4.69) is 30.9 Å². The highest BCUT2D eigenvalue weighted by Gasteiger charge is 2.13. The predicted molar refractivity (Wildman–Crippen MR) is 83.3 cm³/mol. The topological polar surface area (TPSA) is 49.5 Å². The molecule has 3 heteroatoms. The molecule has 3 N–H and O–H groups in total. The minimum atomic E-state index is 0.304. The lowest BCUT2D eigenvalue weighted by Crippen LogP contribution is -2.29. The first-order valence-electron chi connectivity index (χ1n) is 6.91. The Bertz CT molecular complexity index is 552. The van der Waals surface area contributed by atoms with Gasteiger partial charge in [-0.2, -0.15) is 0 Å². The van der Waals surface area contributed by atoms with Gasteiger partial charge in [0.15, 0.2) is 0 Å². The summed E-state index contributed by atoms with van der Waals surface area (Å²) in [5, 5.41) is 9.95. The van der Waals surface area contributed by atoms with Crippen LogP contribution in [0, 0.1) is 0 Å². The summed E-state index contributed by atoms with van der Waals surface area (Å²) in [5.41, 5.74) is 8.62. The van der Waals surface area contributed by atoms with Crippen molar-refractivity contribution in [2.45, 2.75) is 33.0 Å². The van der Waals surface area contributed by atoms with Crippen LogP contribution in [-0.4, -0.2) is 16.0 Å². The third kappa shape index (κ3) is 3.75. The number of rotatable bonds is 5. The number of phenolic OH excluding ortho intramolecular Hbond substituents is 1. The van der Waals surface area contributed by atoms with Crippen LogP contribution >= 0.6 is 0 Å². The largest absolute Gasteiger partial charge is 0.508 e. The Labute approximate surface area is 120 Å². The predicted octanol–water partition coefficient (Wildman–Crippen LogP) is 3.39. The van der Waals surface area contributed by atoms with Crippen LogP contribution in [0.25, 0.3) is 0 Å². The standard InChI is InChI=1S/C17H22N2O/c1-13(2)19(11-14-6-4-3-5-7-14)12-15-10-16(18)8-9-17(15)20/h3-10,13,20H,11-12,18H2,1-2H3. The van der Waals surface area contributed by atoms with Crippen LogP contribution in [0.2, 0.25) is 0 Å². The fraction of sp³-hybridized carbons (Fsp3) is 0.294. The van der Waals surface area contributed by atoms with Crippen molar-refractivity contribution in [3.63, 3.8) is 0 Å². The van der Waals surface area contributed by atoms with Crippen molar-refractivity contribution in [1.29, 1.82) is 0 Å². The molecule has 0 aliphatic carbocycles. The van der Waals surface area contributed by atoms with Gasteiger partial charge in [-0.05, 0) is 37.6 Å². The second kappa shape index (κ2) is 6.44. The van der Waals surface area contributed by atoms with Gasteiger partial charge in [-0.15, -0.1) is 0 Å². The van der Waals surface area contributed by atoms with Gasteiger partial charge in [0.1, 0.15) is 5.75 Å². The lowest BCUT2D eigenvalue weighted by Gasteiger charge is -2.27. The van der Waals surface area contributed by atoms with E-state index in [1.165, 1.54) is 5.56 Å². The molecular formula is C17H22N2O. The Balaban J connectivity index is 2.15. The number of anilines is 1. The smallest absolute Gasteiger partial charge is 0.120 e. The van der Waals surface area contributed by atoms with E-state index in [1.807, 2.05) is 24.3 Å². The van der Waals surface area contributed by atoms with E-state index >= 15 is 0 Å². The van der Waals surface area contributed by atoms with Crippen molar-refractivity contribution in [3.8, 4) is 5.75 Å².